The lowest BCUT2D eigenvalue weighted by Gasteiger charge is -2.26. The predicted molar refractivity (Wildman–Crippen MR) is 83.5 cm³/mol. The third kappa shape index (κ3) is 3.91. The zero-order chi connectivity index (χ0) is 16.1. The van der Waals surface area contributed by atoms with Crippen molar-refractivity contribution in [3.05, 3.63) is 36.0 Å². The first-order valence-corrected chi connectivity index (χ1v) is 7.66. The molecule has 0 spiro atoms. The summed E-state index contributed by atoms with van der Waals surface area (Å²) >= 11 is 0. The molecule has 0 aromatic carbocycles. The number of nitrogens with one attached hydrogen (secondary N) is 1. The van der Waals surface area contributed by atoms with Gasteiger partial charge in [0.2, 0.25) is 0 Å². The van der Waals surface area contributed by atoms with E-state index in [-0.39, 0.29) is 5.91 Å². The molecule has 1 saturated heterocycles. The summed E-state index contributed by atoms with van der Waals surface area (Å²) in [6, 6.07) is 3.43. The zero-order valence-electron chi connectivity index (χ0n) is 13.1. The highest BCUT2D eigenvalue weighted by molar-refractivity contribution is 5.92. The van der Waals surface area contributed by atoms with Crippen molar-refractivity contribution >= 4 is 5.91 Å². The van der Waals surface area contributed by atoms with Crippen LogP contribution in [0.2, 0.25) is 0 Å². The molecule has 3 rings (SSSR count). The molecule has 8 nitrogen and oxygen atoms in total. The van der Waals surface area contributed by atoms with Crippen LogP contribution in [-0.2, 0) is 4.74 Å². The van der Waals surface area contributed by atoms with Gasteiger partial charge < -0.3 is 10.1 Å². The van der Waals surface area contributed by atoms with E-state index in [0.29, 0.717) is 18.1 Å². The van der Waals surface area contributed by atoms with Crippen molar-refractivity contribution in [1.29, 1.82) is 0 Å². The van der Waals surface area contributed by atoms with Crippen molar-refractivity contribution in [3.63, 3.8) is 0 Å². The molecular formula is C15H20N6O2. The van der Waals surface area contributed by atoms with Crippen LogP contribution in [0.1, 0.15) is 16.3 Å². The highest BCUT2D eigenvalue weighted by Crippen LogP contribution is 2.06. The van der Waals surface area contributed by atoms with E-state index in [1.165, 1.54) is 0 Å². The second kappa shape index (κ2) is 7.30. The molecule has 0 atom stereocenters. The average Bonchev–Trinajstić information content (AvgIpc) is 3.02. The first kappa shape index (κ1) is 15.6. The Morgan fingerprint density at radius 3 is 2.78 bits per heavy atom. The first-order valence-electron chi connectivity index (χ1n) is 7.66. The summed E-state index contributed by atoms with van der Waals surface area (Å²) in [5, 5.41) is 11.0. The van der Waals surface area contributed by atoms with Gasteiger partial charge in [0.15, 0.2) is 11.5 Å². The number of hydrogen-bond donors (Lipinski definition) is 1. The molecule has 1 N–H and O–H groups in total. The van der Waals surface area contributed by atoms with Crippen molar-refractivity contribution < 1.29 is 9.53 Å². The molecule has 0 unspecified atom stereocenters. The van der Waals surface area contributed by atoms with Crippen LogP contribution in [0.5, 0.6) is 0 Å². The summed E-state index contributed by atoms with van der Waals surface area (Å²) in [4.78, 5) is 18.5. The van der Waals surface area contributed by atoms with Crippen LogP contribution in [0.4, 0.5) is 0 Å². The van der Waals surface area contributed by atoms with E-state index < -0.39 is 0 Å². The van der Waals surface area contributed by atoms with Crippen molar-refractivity contribution in [2.45, 2.75) is 6.92 Å². The SMILES string of the molecule is Cc1nccn1-c1ccc(C(=O)NCCN2CCOCC2)nn1. The van der Waals surface area contributed by atoms with E-state index >= 15 is 0 Å². The topological polar surface area (TPSA) is 85.2 Å². The van der Waals surface area contributed by atoms with E-state index in [4.69, 9.17) is 4.74 Å². The van der Waals surface area contributed by atoms with Crippen LogP contribution in [0.25, 0.3) is 5.82 Å². The van der Waals surface area contributed by atoms with Crippen molar-refractivity contribution in [3.8, 4) is 5.82 Å². The molecule has 0 aliphatic carbocycles. The van der Waals surface area contributed by atoms with Crippen LogP contribution >= 0.6 is 0 Å². The third-order valence-corrected chi connectivity index (χ3v) is 3.77. The van der Waals surface area contributed by atoms with Gasteiger partial charge in [-0.25, -0.2) is 4.98 Å². The molecule has 0 saturated carbocycles. The first-order chi connectivity index (χ1) is 11.2. The van der Waals surface area contributed by atoms with Gasteiger partial charge in [-0.15, -0.1) is 10.2 Å². The summed E-state index contributed by atoms with van der Waals surface area (Å²) in [5.74, 6) is 1.26. The Morgan fingerprint density at radius 2 is 2.13 bits per heavy atom. The highest BCUT2D eigenvalue weighted by atomic mass is 16.5. The number of morpholine rings is 1. The number of rotatable bonds is 5. The molecular weight excluding hydrogens is 296 g/mol. The maximum Gasteiger partial charge on any atom is 0.271 e. The molecule has 122 valence electrons. The zero-order valence-corrected chi connectivity index (χ0v) is 13.1. The lowest BCUT2D eigenvalue weighted by Crippen LogP contribution is -2.41. The summed E-state index contributed by atoms with van der Waals surface area (Å²) in [5.41, 5.74) is 0.313. The number of aromatic nitrogens is 4. The van der Waals surface area contributed by atoms with Crippen LogP contribution < -0.4 is 5.32 Å². The lowest BCUT2D eigenvalue weighted by atomic mass is 10.3. The number of imidazole rings is 1. The van der Waals surface area contributed by atoms with Gasteiger partial charge >= 0.3 is 0 Å². The summed E-state index contributed by atoms with van der Waals surface area (Å²) in [7, 11) is 0. The number of nitrogens with zero attached hydrogens (tertiary/aromatic N) is 5. The largest absolute Gasteiger partial charge is 0.379 e. The van der Waals surface area contributed by atoms with Gasteiger partial charge in [0.25, 0.3) is 5.91 Å². The normalized spacial score (nSPS) is 15.5. The average molecular weight is 316 g/mol. The third-order valence-electron chi connectivity index (χ3n) is 3.77. The Balaban J connectivity index is 1.52. The molecule has 0 radical (unpaired) electrons. The Labute approximate surface area is 134 Å². The molecule has 3 heterocycles. The molecule has 23 heavy (non-hydrogen) atoms. The summed E-state index contributed by atoms with van der Waals surface area (Å²) < 4.78 is 7.11. The van der Waals surface area contributed by atoms with Gasteiger partial charge in [-0.1, -0.05) is 0 Å². The van der Waals surface area contributed by atoms with E-state index in [9.17, 15) is 4.79 Å². The summed E-state index contributed by atoms with van der Waals surface area (Å²) in [6.07, 6.45) is 3.50. The molecule has 8 heteroatoms. The van der Waals surface area contributed by atoms with E-state index in [2.05, 4.69) is 25.4 Å². The number of ether oxygens (including phenoxy) is 1. The number of aryl methyl sites for hydroxylation is 1. The van der Waals surface area contributed by atoms with E-state index in [1.807, 2.05) is 11.5 Å². The maximum absolute atomic E-state index is 12.1. The number of amides is 1. The van der Waals surface area contributed by atoms with Gasteiger partial charge in [0.1, 0.15) is 5.82 Å². The van der Waals surface area contributed by atoms with Crippen LogP contribution in [0, 0.1) is 6.92 Å². The molecule has 1 aliphatic heterocycles. The van der Waals surface area contributed by atoms with Crippen LogP contribution in [-0.4, -0.2) is 69.9 Å². The molecule has 1 amide bonds. The van der Waals surface area contributed by atoms with Gasteiger partial charge in [-0.2, -0.15) is 0 Å². The Bertz CT molecular complexity index is 648. The Hall–Kier alpha value is -2.32. The Morgan fingerprint density at radius 1 is 1.30 bits per heavy atom. The fraction of sp³-hybridized carbons (Fsp3) is 0.467. The van der Waals surface area contributed by atoms with Gasteiger partial charge in [-0.05, 0) is 19.1 Å². The van der Waals surface area contributed by atoms with Gasteiger partial charge in [0, 0.05) is 38.6 Å². The predicted octanol–water partition coefficient (Wildman–Crippen LogP) is 0.0327. The fourth-order valence-electron chi connectivity index (χ4n) is 2.44. The number of carbonyl (C=O) groups is 1. The molecule has 1 aliphatic rings. The van der Waals surface area contributed by atoms with Crippen molar-refractivity contribution in [2.24, 2.45) is 0 Å². The number of hydrogen-bond acceptors (Lipinski definition) is 6. The lowest BCUT2D eigenvalue weighted by molar-refractivity contribution is 0.0383. The molecule has 1 fully saturated rings. The van der Waals surface area contributed by atoms with Crippen molar-refractivity contribution in [1.82, 2.24) is 30.0 Å². The van der Waals surface area contributed by atoms with E-state index in [0.717, 1.165) is 38.7 Å². The maximum atomic E-state index is 12.1. The van der Waals surface area contributed by atoms with Gasteiger partial charge in [0.05, 0.1) is 13.2 Å². The van der Waals surface area contributed by atoms with Gasteiger partial charge in [-0.3, -0.25) is 14.3 Å². The van der Waals surface area contributed by atoms with Crippen LogP contribution in [0.3, 0.4) is 0 Å². The monoisotopic (exact) mass is 316 g/mol. The minimum Gasteiger partial charge on any atom is -0.379 e. The smallest absolute Gasteiger partial charge is 0.271 e. The van der Waals surface area contributed by atoms with E-state index in [1.54, 1.807) is 24.5 Å². The quantitative estimate of drug-likeness (QED) is 0.838. The highest BCUT2D eigenvalue weighted by Gasteiger charge is 2.12. The fourth-order valence-corrected chi connectivity index (χ4v) is 2.44. The standard InChI is InChI=1S/C15H20N6O2/c1-12-16-5-7-21(12)14-3-2-13(18-19-14)15(22)17-4-6-20-8-10-23-11-9-20/h2-3,5,7H,4,6,8-11H2,1H3,(H,17,22). The second-order valence-electron chi connectivity index (χ2n) is 5.33. The minimum atomic E-state index is -0.209. The molecule has 2 aromatic heterocycles. The number of carbonyl (C=O) groups excluding carboxylic acids is 1. The molecule has 0 bridgehead atoms. The van der Waals surface area contributed by atoms with Crippen LogP contribution in [0.15, 0.2) is 24.5 Å². The van der Waals surface area contributed by atoms with Crippen molar-refractivity contribution in [2.75, 3.05) is 39.4 Å². The minimum absolute atomic E-state index is 0.209. The second-order valence-corrected chi connectivity index (χ2v) is 5.33. The Kier molecular flexibility index (Phi) is 4.94. The summed E-state index contributed by atoms with van der Waals surface area (Å²) in [6.45, 7) is 6.62. The molecule has 2 aromatic rings.